The third-order valence-corrected chi connectivity index (χ3v) is 2.48. The highest BCUT2D eigenvalue weighted by atomic mass is 19.3. The van der Waals surface area contributed by atoms with Crippen molar-refractivity contribution in [1.82, 2.24) is 0 Å². The molecule has 0 aromatic heterocycles. The molecule has 1 aliphatic rings. The Kier molecular flexibility index (Phi) is 5.49. The highest BCUT2D eigenvalue weighted by Crippen LogP contribution is 2.37. The summed E-state index contributed by atoms with van der Waals surface area (Å²) in [5.74, 6) is -8.92. The fourth-order valence-corrected chi connectivity index (χ4v) is 1.15. The first-order valence-electron chi connectivity index (χ1n) is 5.71. The third kappa shape index (κ3) is 4.60. The highest BCUT2D eigenvalue weighted by molar-refractivity contribution is 5.61. The summed E-state index contributed by atoms with van der Waals surface area (Å²) in [7, 11) is 0. The SMILES string of the molecule is CC(F)(OCC(F)(F)C(F)F)C(F)(F)OCC1COC(=O)O1. The molecule has 0 bridgehead atoms. The van der Waals surface area contributed by atoms with E-state index in [1.54, 1.807) is 0 Å². The van der Waals surface area contributed by atoms with Gasteiger partial charge in [-0.25, -0.2) is 18.0 Å². The summed E-state index contributed by atoms with van der Waals surface area (Å²) in [4.78, 5) is 10.5. The van der Waals surface area contributed by atoms with Crippen LogP contribution in [-0.4, -0.2) is 56.4 Å². The van der Waals surface area contributed by atoms with Crippen LogP contribution in [0.3, 0.4) is 0 Å². The maximum Gasteiger partial charge on any atom is 0.508 e. The molecule has 0 aromatic rings. The normalized spacial score (nSPS) is 22.4. The number of carbonyl (C=O) groups excluding carboxylic acids is 1. The zero-order chi connectivity index (χ0) is 17.2. The number of cyclic esters (lactones) is 2. The molecule has 0 radical (unpaired) electrons. The van der Waals surface area contributed by atoms with Crippen molar-refractivity contribution in [2.75, 3.05) is 19.8 Å². The molecule has 0 N–H and O–H groups in total. The van der Waals surface area contributed by atoms with Gasteiger partial charge in [0, 0.05) is 6.92 Å². The minimum absolute atomic E-state index is 0.0334. The van der Waals surface area contributed by atoms with Crippen molar-refractivity contribution < 1.29 is 54.5 Å². The Morgan fingerprint density at radius 1 is 1.23 bits per heavy atom. The molecule has 0 amide bonds. The van der Waals surface area contributed by atoms with E-state index in [-0.39, 0.29) is 6.92 Å². The number of ether oxygens (including phenoxy) is 4. The first-order valence-corrected chi connectivity index (χ1v) is 5.71. The lowest BCUT2D eigenvalue weighted by molar-refractivity contribution is -0.388. The lowest BCUT2D eigenvalue weighted by Gasteiger charge is -2.31. The van der Waals surface area contributed by atoms with E-state index in [0.29, 0.717) is 0 Å². The summed E-state index contributed by atoms with van der Waals surface area (Å²) < 4.78 is 105. The van der Waals surface area contributed by atoms with Crippen LogP contribution in [-0.2, 0) is 18.9 Å². The molecule has 0 saturated carbocycles. The summed E-state index contributed by atoms with van der Waals surface area (Å²) in [5.41, 5.74) is 0. The molecule has 1 heterocycles. The summed E-state index contributed by atoms with van der Waals surface area (Å²) in [6.07, 6.45) is -11.4. The van der Waals surface area contributed by atoms with Crippen LogP contribution in [0.25, 0.3) is 0 Å². The number of halogens is 7. The molecule has 1 saturated heterocycles. The van der Waals surface area contributed by atoms with Crippen molar-refractivity contribution in [3.63, 3.8) is 0 Å². The molecule has 2 unspecified atom stereocenters. The monoisotopic (exact) mass is 344 g/mol. The lowest BCUT2D eigenvalue weighted by atomic mass is 10.3. The minimum Gasteiger partial charge on any atom is -0.430 e. The predicted molar refractivity (Wildman–Crippen MR) is 53.5 cm³/mol. The summed E-state index contributed by atoms with van der Waals surface area (Å²) in [5, 5.41) is 0. The number of hydrogen-bond donors (Lipinski definition) is 0. The van der Waals surface area contributed by atoms with Crippen LogP contribution in [0.2, 0.25) is 0 Å². The van der Waals surface area contributed by atoms with Crippen molar-refractivity contribution in [2.45, 2.75) is 37.3 Å². The molecular formula is C10H11F7O5. The van der Waals surface area contributed by atoms with Gasteiger partial charge < -0.3 is 18.9 Å². The summed E-state index contributed by atoms with van der Waals surface area (Å²) >= 11 is 0. The molecule has 130 valence electrons. The van der Waals surface area contributed by atoms with Crippen molar-refractivity contribution >= 4 is 6.16 Å². The van der Waals surface area contributed by atoms with E-state index >= 15 is 0 Å². The second-order valence-corrected chi connectivity index (χ2v) is 4.40. The van der Waals surface area contributed by atoms with Crippen molar-refractivity contribution in [3.05, 3.63) is 0 Å². The van der Waals surface area contributed by atoms with Crippen molar-refractivity contribution in [2.24, 2.45) is 0 Å². The Bertz CT molecular complexity index is 401. The van der Waals surface area contributed by atoms with E-state index in [4.69, 9.17) is 0 Å². The Balaban J connectivity index is 2.55. The van der Waals surface area contributed by atoms with Crippen LogP contribution in [0.5, 0.6) is 0 Å². The molecule has 2 atom stereocenters. The third-order valence-electron chi connectivity index (χ3n) is 2.48. The van der Waals surface area contributed by atoms with Crippen LogP contribution >= 0.6 is 0 Å². The predicted octanol–water partition coefficient (Wildman–Crippen LogP) is 2.73. The first kappa shape index (κ1) is 18.7. The Morgan fingerprint density at radius 3 is 2.27 bits per heavy atom. The maximum atomic E-state index is 13.6. The van der Waals surface area contributed by atoms with Gasteiger partial charge in [0.1, 0.15) is 13.2 Å². The average molecular weight is 344 g/mol. The average Bonchev–Trinajstić information content (AvgIpc) is 2.80. The number of rotatable bonds is 8. The largest absolute Gasteiger partial charge is 0.508 e. The van der Waals surface area contributed by atoms with Crippen LogP contribution in [0.4, 0.5) is 35.5 Å². The molecule has 0 aliphatic carbocycles. The Morgan fingerprint density at radius 2 is 1.82 bits per heavy atom. The fourth-order valence-electron chi connectivity index (χ4n) is 1.15. The maximum absolute atomic E-state index is 13.6. The van der Waals surface area contributed by atoms with Gasteiger partial charge in [-0.1, -0.05) is 0 Å². The topological polar surface area (TPSA) is 54.0 Å². The van der Waals surface area contributed by atoms with E-state index in [1.165, 1.54) is 0 Å². The van der Waals surface area contributed by atoms with Gasteiger partial charge in [0.25, 0.3) is 5.85 Å². The molecule has 12 heteroatoms. The number of hydrogen-bond acceptors (Lipinski definition) is 5. The van der Waals surface area contributed by atoms with Gasteiger partial charge in [-0.2, -0.15) is 17.6 Å². The Labute approximate surface area is 119 Å². The summed E-state index contributed by atoms with van der Waals surface area (Å²) in [6, 6.07) is 0. The molecular weight excluding hydrogens is 333 g/mol. The van der Waals surface area contributed by atoms with E-state index < -0.39 is 56.4 Å². The molecule has 22 heavy (non-hydrogen) atoms. The Hall–Kier alpha value is -1.30. The van der Waals surface area contributed by atoms with Crippen LogP contribution in [0.1, 0.15) is 6.92 Å². The second-order valence-electron chi connectivity index (χ2n) is 4.40. The zero-order valence-corrected chi connectivity index (χ0v) is 11.0. The minimum atomic E-state index is -4.81. The van der Waals surface area contributed by atoms with Gasteiger partial charge in [-0.05, 0) is 0 Å². The van der Waals surface area contributed by atoms with Gasteiger partial charge in [0.05, 0.1) is 6.61 Å². The van der Waals surface area contributed by atoms with Gasteiger partial charge in [0.15, 0.2) is 6.10 Å². The van der Waals surface area contributed by atoms with Crippen molar-refractivity contribution in [3.8, 4) is 0 Å². The van der Waals surface area contributed by atoms with Crippen LogP contribution in [0.15, 0.2) is 0 Å². The van der Waals surface area contributed by atoms with E-state index in [2.05, 4.69) is 18.9 Å². The standard InChI is InChI=1S/C10H11F7O5/c1-8(13,21-4-9(14,15)6(11)12)10(16,17)20-3-5-2-19-7(18)22-5/h5-6H,2-4H2,1H3. The molecule has 1 fully saturated rings. The van der Waals surface area contributed by atoms with Gasteiger partial charge in [-0.15, -0.1) is 0 Å². The zero-order valence-electron chi connectivity index (χ0n) is 11.0. The number of alkyl halides is 7. The van der Waals surface area contributed by atoms with E-state index in [1.807, 2.05) is 0 Å². The molecule has 0 spiro atoms. The molecule has 5 nitrogen and oxygen atoms in total. The second kappa shape index (κ2) is 6.44. The molecule has 1 rings (SSSR count). The van der Waals surface area contributed by atoms with Crippen molar-refractivity contribution in [1.29, 1.82) is 0 Å². The molecule has 1 aliphatic heterocycles. The first-order chi connectivity index (χ1) is 9.87. The lowest BCUT2D eigenvalue weighted by Crippen LogP contribution is -2.49. The van der Waals surface area contributed by atoms with E-state index in [9.17, 15) is 35.5 Å². The highest BCUT2D eigenvalue weighted by Gasteiger charge is 2.57. The number of carbonyl (C=O) groups is 1. The van der Waals surface area contributed by atoms with Crippen LogP contribution < -0.4 is 0 Å². The summed E-state index contributed by atoms with van der Waals surface area (Å²) in [6.45, 7) is -3.70. The van der Waals surface area contributed by atoms with Gasteiger partial charge in [0.2, 0.25) is 0 Å². The van der Waals surface area contributed by atoms with Gasteiger partial charge in [-0.3, -0.25) is 0 Å². The van der Waals surface area contributed by atoms with Gasteiger partial charge >= 0.3 is 24.6 Å². The van der Waals surface area contributed by atoms with Crippen LogP contribution in [0, 0.1) is 0 Å². The van der Waals surface area contributed by atoms with E-state index in [0.717, 1.165) is 0 Å². The molecule has 0 aromatic carbocycles. The quantitative estimate of drug-likeness (QED) is 0.501. The smallest absolute Gasteiger partial charge is 0.430 e. The fraction of sp³-hybridized carbons (Fsp3) is 0.900.